The lowest BCUT2D eigenvalue weighted by molar-refractivity contribution is 0.0689. The van der Waals surface area contributed by atoms with E-state index in [4.69, 9.17) is 5.11 Å². The molecule has 0 radical (unpaired) electrons. The summed E-state index contributed by atoms with van der Waals surface area (Å²) in [5.41, 5.74) is 2.32. The molecule has 0 fully saturated rings. The molecule has 2 N–H and O–H groups in total. The lowest BCUT2D eigenvalue weighted by atomic mass is 10.1. The van der Waals surface area contributed by atoms with Crippen LogP contribution in [0.3, 0.4) is 0 Å². The summed E-state index contributed by atoms with van der Waals surface area (Å²) in [6.45, 7) is 3.78. The van der Waals surface area contributed by atoms with Gasteiger partial charge in [0.25, 0.3) is 5.56 Å². The van der Waals surface area contributed by atoms with E-state index in [1.165, 1.54) is 0 Å². The number of fused-ring (bicyclic) bond motifs is 1. The second kappa shape index (κ2) is 4.55. The fourth-order valence-electron chi connectivity index (χ4n) is 2.21. The molecule has 0 saturated heterocycles. The van der Waals surface area contributed by atoms with Crippen LogP contribution in [0.5, 0.6) is 0 Å². The van der Waals surface area contributed by atoms with E-state index in [9.17, 15) is 9.59 Å². The van der Waals surface area contributed by atoms with Gasteiger partial charge in [-0.2, -0.15) is 0 Å². The smallest absolute Gasteiger partial charge is 0.360 e. The van der Waals surface area contributed by atoms with Gasteiger partial charge in [0.1, 0.15) is 0 Å². The van der Waals surface area contributed by atoms with Crippen molar-refractivity contribution in [3.63, 3.8) is 0 Å². The molecular weight excluding hydrogens is 272 g/mol. The van der Waals surface area contributed by atoms with Crippen molar-refractivity contribution in [2.45, 2.75) is 13.8 Å². The Hall–Kier alpha value is -2.96. The van der Waals surface area contributed by atoms with Gasteiger partial charge in [0.2, 0.25) is 5.69 Å². The van der Waals surface area contributed by atoms with Crippen LogP contribution in [0, 0.1) is 13.8 Å². The van der Waals surface area contributed by atoms with Crippen LogP contribution in [0.2, 0.25) is 0 Å². The number of carboxylic acids is 1. The maximum atomic E-state index is 11.6. The largest absolute Gasteiger partial charge is 0.476 e. The van der Waals surface area contributed by atoms with Crippen molar-refractivity contribution in [1.29, 1.82) is 0 Å². The van der Waals surface area contributed by atoms with Crippen LogP contribution in [0.1, 0.15) is 21.7 Å². The third-order valence-electron chi connectivity index (χ3n) is 3.20. The van der Waals surface area contributed by atoms with Gasteiger partial charge < -0.3 is 14.7 Å². The minimum atomic E-state index is -1.35. The first kappa shape index (κ1) is 13.0. The Morgan fingerprint density at radius 2 is 2.10 bits per heavy atom. The summed E-state index contributed by atoms with van der Waals surface area (Å²) in [7, 11) is 0. The quantitative estimate of drug-likeness (QED) is 0.741. The highest BCUT2D eigenvalue weighted by Gasteiger charge is 2.13. The number of H-pyrrole nitrogens is 1. The lowest BCUT2D eigenvalue weighted by Crippen LogP contribution is -2.20. The second-order valence-electron chi connectivity index (χ2n) is 4.80. The summed E-state index contributed by atoms with van der Waals surface area (Å²) in [6.07, 6.45) is 3.53. The van der Waals surface area contributed by atoms with Crippen molar-refractivity contribution < 1.29 is 9.90 Å². The number of nitrogens with zero attached hydrogens (tertiary/aromatic N) is 3. The van der Waals surface area contributed by atoms with E-state index in [0.29, 0.717) is 11.0 Å². The van der Waals surface area contributed by atoms with Gasteiger partial charge in [0.05, 0.1) is 28.7 Å². The van der Waals surface area contributed by atoms with Crippen LogP contribution in [0.4, 0.5) is 0 Å². The Bertz CT molecular complexity index is 924. The second-order valence-corrected chi connectivity index (χ2v) is 4.80. The van der Waals surface area contributed by atoms with Crippen LogP contribution >= 0.6 is 0 Å². The molecule has 3 aromatic rings. The summed E-state index contributed by atoms with van der Waals surface area (Å²) < 4.78 is 1.83. The molecule has 3 rings (SSSR count). The molecule has 0 unspecified atom stereocenters. The SMILES string of the molecule is Cc1cn(-c2cc3nc(C(=O)O)c(=O)[nH]c3cc2C)cn1. The molecule has 0 aliphatic heterocycles. The molecular formula is C14H12N4O3. The summed E-state index contributed by atoms with van der Waals surface area (Å²) in [4.78, 5) is 33.3. The molecule has 1 aromatic carbocycles. The van der Waals surface area contributed by atoms with Crippen LogP contribution in [-0.4, -0.2) is 30.6 Å². The number of aromatic amines is 1. The van der Waals surface area contributed by atoms with Crippen molar-refractivity contribution in [1.82, 2.24) is 19.5 Å². The third kappa shape index (κ3) is 2.18. The van der Waals surface area contributed by atoms with Crippen LogP contribution in [-0.2, 0) is 0 Å². The van der Waals surface area contributed by atoms with Crippen molar-refractivity contribution >= 4 is 17.0 Å². The highest BCUT2D eigenvalue weighted by molar-refractivity contribution is 5.88. The van der Waals surface area contributed by atoms with E-state index in [2.05, 4.69) is 15.0 Å². The number of rotatable bonds is 2. The predicted molar refractivity (Wildman–Crippen MR) is 75.9 cm³/mol. The Morgan fingerprint density at radius 1 is 1.33 bits per heavy atom. The highest BCUT2D eigenvalue weighted by atomic mass is 16.4. The maximum Gasteiger partial charge on any atom is 0.360 e. The first-order valence-electron chi connectivity index (χ1n) is 6.24. The number of carboxylic acid groups (broad SMARTS) is 1. The normalized spacial score (nSPS) is 11.0. The average molecular weight is 284 g/mol. The fourth-order valence-corrected chi connectivity index (χ4v) is 2.21. The van der Waals surface area contributed by atoms with Gasteiger partial charge in [-0.1, -0.05) is 0 Å². The van der Waals surface area contributed by atoms with Gasteiger partial charge in [0, 0.05) is 6.20 Å². The minimum absolute atomic E-state index is 0.416. The van der Waals surface area contributed by atoms with E-state index in [0.717, 1.165) is 16.9 Å². The van der Waals surface area contributed by atoms with E-state index in [1.807, 2.05) is 24.6 Å². The van der Waals surface area contributed by atoms with E-state index in [-0.39, 0.29) is 0 Å². The van der Waals surface area contributed by atoms with Gasteiger partial charge in [-0.15, -0.1) is 0 Å². The molecule has 106 valence electrons. The van der Waals surface area contributed by atoms with Gasteiger partial charge in [-0.3, -0.25) is 4.79 Å². The highest BCUT2D eigenvalue weighted by Crippen LogP contribution is 2.20. The zero-order valence-corrected chi connectivity index (χ0v) is 11.4. The van der Waals surface area contributed by atoms with Crippen LogP contribution < -0.4 is 5.56 Å². The zero-order valence-electron chi connectivity index (χ0n) is 11.4. The summed E-state index contributed by atoms with van der Waals surface area (Å²) in [5, 5.41) is 8.97. The van der Waals surface area contributed by atoms with Gasteiger partial charge >= 0.3 is 5.97 Å². The topological polar surface area (TPSA) is 101 Å². The molecule has 0 aliphatic carbocycles. The number of aromatic nitrogens is 4. The van der Waals surface area contributed by atoms with E-state index < -0.39 is 17.2 Å². The average Bonchev–Trinajstić information content (AvgIpc) is 2.83. The number of benzene rings is 1. The van der Waals surface area contributed by atoms with Crippen LogP contribution in [0.15, 0.2) is 29.5 Å². The predicted octanol–water partition coefficient (Wildman–Crippen LogP) is 1.42. The molecule has 0 bridgehead atoms. The van der Waals surface area contributed by atoms with Gasteiger partial charge in [-0.05, 0) is 31.5 Å². The molecule has 7 nitrogen and oxygen atoms in total. The number of aromatic carboxylic acids is 1. The Balaban J connectivity index is 2.29. The molecule has 7 heteroatoms. The van der Waals surface area contributed by atoms with Crippen molar-refractivity contribution in [3.8, 4) is 5.69 Å². The van der Waals surface area contributed by atoms with E-state index >= 15 is 0 Å². The molecule has 0 atom stereocenters. The van der Waals surface area contributed by atoms with Crippen LogP contribution in [0.25, 0.3) is 16.7 Å². The monoisotopic (exact) mass is 284 g/mol. The molecule has 2 aromatic heterocycles. The fraction of sp³-hybridized carbons (Fsp3) is 0.143. The Kier molecular flexibility index (Phi) is 2.83. The molecule has 0 saturated carbocycles. The Labute approximate surface area is 118 Å². The first-order chi connectivity index (χ1) is 9.95. The number of hydrogen-bond donors (Lipinski definition) is 2. The maximum absolute atomic E-state index is 11.6. The van der Waals surface area contributed by atoms with Crippen molar-refractivity contribution in [3.05, 3.63) is 52.0 Å². The van der Waals surface area contributed by atoms with E-state index in [1.54, 1.807) is 18.5 Å². The van der Waals surface area contributed by atoms with Crippen molar-refractivity contribution in [2.75, 3.05) is 0 Å². The first-order valence-corrected chi connectivity index (χ1v) is 6.24. The number of hydrogen-bond acceptors (Lipinski definition) is 4. The molecule has 0 spiro atoms. The lowest BCUT2D eigenvalue weighted by Gasteiger charge is -2.08. The molecule has 21 heavy (non-hydrogen) atoms. The van der Waals surface area contributed by atoms with Crippen molar-refractivity contribution in [2.24, 2.45) is 0 Å². The van der Waals surface area contributed by atoms with Gasteiger partial charge in [-0.25, -0.2) is 14.8 Å². The van der Waals surface area contributed by atoms with Gasteiger partial charge in [0.15, 0.2) is 0 Å². The number of aryl methyl sites for hydroxylation is 2. The zero-order chi connectivity index (χ0) is 15.1. The summed E-state index contributed by atoms with van der Waals surface area (Å²) >= 11 is 0. The summed E-state index contributed by atoms with van der Waals surface area (Å²) in [5.74, 6) is -1.35. The number of nitrogens with one attached hydrogen (secondary N) is 1. The minimum Gasteiger partial charge on any atom is -0.476 e. The molecule has 0 amide bonds. The number of imidazole rings is 1. The molecule has 2 heterocycles. The number of carbonyl (C=O) groups is 1. The summed E-state index contributed by atoms with van der Waals surface area (Å²) in [6, 6.07) is 3.49. The third-order valence-corrected chi connectivity index (χ3v) is 3.20. The standard InChI is InChI=1S/C14H12N4O3/c1-7-3-9-10(16-12(14(20)21)13(19)17-9)4-11(7)18-5-8(2)15-6-18/h3-6H,1-2H3,(H,17,19)(H,20,21). The molecule has 0 aliphatic rings. The Morgan fingerprint density at radius 3 is 2.71 bits per heavy atom.